The van der Waals surface area contributed by atoms with E-state index in [0.29, 0.717) is 56.0 Å². The quantitative estimate of drug-likeness (QED) is 0.516. The van der Waals surface area contributed by atoms with Crippen LogP contribution >= 0.6 is 0 Å². The van der Waals surface area contributed by atoms with E-state index in [4.69, 9.17) is 20.2 Å². The second-order valence-corrected chi connectivity index (χ2v) is 10.3. The number of aromatic amines is 1. The van der Waals surface area contributed by atoms with Crippen molar-refractivity contribution >= 4 is 27.5 Å². The van der Waals surface area contributed by atoms with Gasteiger partial charge in [0.2, 0.25) is 16.0 Å². The molecule has 0 spiro atoms. The van der Waals surface area contributed by atoms with Crippen molar-refractivity contribution in [1.82, 2.24) is 9.29 Å². The van der Waals surface area contributed by atoms with Crippen molar-refractivity contribution in [2.45, 2.75) is 30.8 Å². The fourth-order valence-electron chi connectivity index (χ4n) is 4.08. The van der Waals surface area contributed by atoms with Gasteiger partial charge in [0.05, 0.1) is 30.9 Å². The highest BCUT2D eigenvalue weighted by atomic mass is 32.2. The SMILES string of the molecule is COc1cc(S(=O)(=O)N2CCOCC2)ccc1NC1=NC(N)(CC(C)C)c2cc[nH]c2N1. The van der Waals surface area contributed by atoms with Crippen LogP contribution in [-0.4, -0.2) is 57.1 Å². The summed E-state index contributed by atoms with van der Waals surface area (Å²) in [4.78, 5) is 8.06. The number of benzene rings is 1. The number of hydrogen-bond donors (Lipinski definition) is 4. The molecule has 5 N–H and O–H groups in total. The number of methoxy groups -OCH3 is 1. The molecule has 2 aliphatic heterocycles. The van der Waals surface area contributed by atoms with E-state index in [1.165, 1.54) is 17.5 Å². The number of sulfonamides is 1. The van der Waals surface area contributed by atoms with Crippen molar-refractivity contribution in [2.75, 3.05) is 44.0 Å². The number of H-pyrrole nitrogens is 1. The summed E-state index contributed by atoms with van der Waals surface area (Å²) in [6.45, 7) is 5.64. The van der Waals surface area contributed by atoms with Crippen molar-refractivity contribution in [3.05, 3.63) is 36.0 Å². The molecule has 0 aliphatic carbocycles. The number of nitrogens with two attached hydrogens (primary N) is 1. The molecule has 174 valence electrons. The lowest BCUT2D eigenvalue weighted by Crippen LogP contribution is -2.43. The van der Waals surface area contributed by atoms with Crippen molar-refractivity contribution < 1.29 is 17.9 Å². The van der Waals surface area contributed by atoms with E-state index >= 15 is 0 Å². The fraction of sp³-hybridized carbons (Fsp3) is 0.476. The number of nitrogens with zero attached hydrogens (tertiary/aromatic N) is 2. The Bertz CT molecular complexity index is 1110. The third-order valence-corrected chi connectivity index (χ3v) is 7.42. The van der Waals surface area contributed by atoms with Gasteiger partial charge in [0.1, 0.15) is 17.2 Å². The number of fused-ring (bicyclic) bond motifs is 1. The number of ether oxygens (including phenoxy) is 2. The highest BCUT2D eigenvalue weighted by molar-refractivity contribution is 7.89. The second kappa shape index (κ2) is 8.74. The first-order valence-corrected chi connectivity index (χ1v) is 12.0. The fourth-order valence-corrected chi connectivity index (χ4v) is 5.50. The van der Waals surface area contributed by atoms with Crippen LogP contribution in [0.3, 0.4) is 0 Å². The predicted octanol–water partition coefficient (Wildman–Crippen LogP) is 2.10. The van der Waals surface area contributed by atoms with Crippen LogP contribution in [0.15, 0.2) is 40.4 Å². The summed E-state index contributed by atoms with van der Waals surface area (Å²) < 4.78 is 38.2. The molecule has 10 nitrogen and oxygen atoms in total. The molecular formula is C21H30N6O4S. The van der Waals surface area contributed by atoms with E-state index < -0.39 is 15.7 Å². The molecule has 0 bridgehead atoms. The number of anilines is 2. The lowest BCUT2D eigenvalue weighted by atomic mass is 9.92. The first-order valence-electron chi connectivity index (χ1n) is 10.6. The standard InChI is InChI=1S/C21H30N6O4S/c1-14(2)13-21(22)16-6-7-23-19(16)25-20(26-21)24-17-5-4-15(12-18(17)30-3)32(28,29)27-8-10-31-11-9-27/h4-7,12,14,23H,8-11,13,22H2,1-3H3,(H2,24,25,26). The molecule has 1 atom stereocenters. The third kappa shape index (κ3) is 4.33. The number of guanidine groups is 1. The monoisotopic (exact) mass is 462 g/mol. The van der Waals surface area contributed by atoms with Crippen LogP contribution in [0.4, 0.5) is 11.5 Å². The zero-order valence-electron chi connectivity index (χ0n) is 18.5. The van der Waals surface area contributed by atoms with Crippen LogP contribution in [0.25, 0.3) is 0 Å². The Kier molecular flexibility index (Phi) is 6.17. The minimum atomic E-state index is -3.63. The molecule has 11 heteroatoms. The average molecular weight is 463 g/mol. The first kappa shape index (κ1) is 22.6. The minimum Gasteiger partial charge on any atom is -0.495 e. The van der Waals surface area contributed by atoms with Crippen molar-refractivity contribution in [3.63, 3.8) is 0 Å². The molecule has 1 fully saturated rings. The Morgan fingerprint density at radius 2 is 2.06 bits per heavy atom. The number of aliphatic imine (C=N–C) groups is 1. The zero-order valence-corrected chi connectivity index (χ0v) is 19.3. The highest BCUT2D eigenvalue weighted by Crippen LogP contribution is 2.36. The van der Waals surface area contributed by atoms with E-state index in [2.05, 4.69) is 29.5 Å². The van der Waals surface area contributed by atoms with E-state index in [9.17, 15) is 8.42 Å². The Hall–Kier alpha value is -2.60. The van der Waals surface area contributed by atoms with Gasteiger partial charge in [-0.2, -0.15) is 4.31 Å². The molecule has 32 heavy (non-hydrogen) atoms. The van der Waals surface area contributed by atoms with Crippen LogP contribution in [0.2, 0.25) is 0 Å². The number of hydrogen-bond acceptors (Lipinski definition) is 8. The Morgan fingerprint density at radius 3 is 2.75 bits per heavy atom. The van der Waals surface area contributed by atoms with Crippen LogP contribution in [-0.2, 0) is 20.4 Å². The van der Waals surface area contributed by atoms with Gasteiger partial charge in [-0.3, -0.25) is 0 Å². The summed E-state index contributed by atoms with van der Waals surface area (Å²) in [6, 6.07) is 6.67. The van der Waals surface area contributed by atoms with Crippen LogP contribution < -0.4 is 21.1 Å². The van der Waals surface area contributed by atoms with Gasteiger partial charge in [0.15, 0.2) is 0 Å². The van der Waals surface area contributed by atoms with Gasteiger partial charge >= 0.3 is 0 Å². The summed E-state index contributed by atoms with van der Waals surface area (Å²) in [7, 11) is -2.14. The molecule has 1 aromatic carbocycles. The van der Waals surface area contributed by atoms with E-state index in [0.717, 1.165) is 11.4 Å². The normalized spacial score (nSPS) is 21.6. The average Bonchev–Trinajstić information content (AvgIpc) is 3.23. The maximum Gasteiger partial charge on any atom is 0.243 e. The van der Waals surface area contributed by atoms with Gasteiger partial charge < -0.3 is 30.8 Å². The Labute approximate surface area is 188 Å². The predicted molar refractivity (Wildman–Crippen MR) is 123 cm³/mol. The largest absolute Gasteiger partial charge is 0.495 e. The number of rotatable bonds is 6. The number of morpholine rings is 1. The van der Waals surface area contributed by atoms with Crippen molar-refractivity contribution in [3.8, 4) is 5.75 Å². The molecule has 1 unspecified atom stereocenters. The van der Waals surface area contributed by atoms with Gasteiger partial charge in [-0.25, -0.2) is 13.4 Å². The highest BCUT2D eigenvalue weighted by Gasteiger charge is 2.35. The van der Waals surface area contributed by atoms with Gasteiger partial charge in [0.25, 0.3) is 0 Å². The third-order valence-electron chi connectivity index (χ3n) is 5.52. The Balaban J connectivity index is 1.62. The van der Waals surface area contributed by atoms with Gasteiger partial charge in [-0.1, -0.05) is 13.8 Å². The lowest BCUT2D eigenvalue weighted by Gasteiger charge is -2.33. The molecule has 0 saturated carbocycles. The van der Waals surface area contributed by atoms with E-state index in [1.54, 1.807) is 12.1 Å². The first-order chi connectivity index (χ1) is 15.2. The summed E-state index contributed by atoms with van der Waals surface area (Å²) >= 11 is 0. The molecule has 0 radical (unpaired) electrons. The van der Waals surface area contributed by atoms with Crippen molar-refractivity contribution in [1.29, 1.82) is 0 Å². The van der Waals surface area contributed by atoms with Crippen LogP contribution in [0.1, 0.15) is 25.8 Å². The minimum absolute atomic E-state index is 0.167. The molecule has 1 saturated heterocycles. The zero-order chi connectivity index (χ0) is 22.9. The van der Waals surface area contributed by atoms with Gasteiger partial charge in [0, 0.05) is 30.9 Å². The maximum absolute atomic E-state index is 13.0. The lowest BCUT2D eigenvalue weighted by molar-refractivity contribution is 0.0730. The Morgan fingerprint density at radius 1 is 1.31 bits per heavy atom. The van der Waals surface area contributed by atoms with E-state index in [1.807, 2.05) is 12.3 Å². The molecular weight excluding hydrogens is 432 g/mol. The summed E-state index contributed by atoms with van der Waals surface area (Å²) in [5.41, 5.74) is 7.27. The van der Waals surface area contributed by atoms with Gasteiger partial charge in [-0.15, -0.1) is 0 Å². The number of aromatic nitrogens is 1. The molecule has 0 amide bonds. The smallest absolute Gasteiger partial charge is 0.243 e. The maximum atomic E-state index is 13.0. The van der Waals surface area contributed by atoms with Crippen molar-refractivity contribution in [2.24, 2.45) is 16.6 Å². The number of nitrogens with one attached hydrogen (secondary N) is 3. The molecule has 2 aliphatic rings. The van der Waals surface area contributed by atoms with Gasteiger partial charge in [-0.05, 0) is 30.5 Å². The molecule has 2 aromatic rings. The summed E-state index contributed by atoms with van der Waals surface area (Å²) in [5, 5.41) is 6.41. The molecule has 1 aromatic heterocycles. The summed E-state index contributed by atoms with van der Waals surface area (Å²) in [5.74, 6) is 1.94. The second-order valence-electron chi connectivity index (χ2n) is 8.38. The molecule has 4 rings (SSSR count). The topological polar surface area (TPSA) is 134 Å². The van der Waals surface area contributed by atoms with Crippen LogP contribution in [0.5, 0.6) is 5.75 Å². The molecule has 3 heterocycles. The van der Waals surface area contributed by atoms with Crippen LogP contribution in [0, 0.1) is 5.92 Å². The van der Waals surface area contributed by atoms with E-state index in [-0.39, 0.29) is 4.90 Å². The summed E-state index contributed by atoms with van der Waals surface area (Å²) in [6.07, 6.45) is 2.49.